The number of hydrogen-bond donors (Lipinski definition) is 1. The third-order valence-electron chi connectivity index (χ3n) is 4.32. The summed E-state index contributed by atoms with van der Waals surface area (Å²) in [6.07, 6.45) is 5.63. The van der Waals surface area contributed by atoms with Gasteiger partial charge in [0.05, 0.1) is 34.9 Å². The van der Waals surface area contributed by atoms with Crippen LogP contribution in [0.1, 0.15) is 15.9 Å². The number of carbonyl (C=O) groups is 1. The molecule has 3 aromatic heterocycles. The normalized spacial score (nSPS) is 11.0. The maximum Gasteiger partial charge on any atom is 0.335 e. The molecule has 4 aromatic rings. The van der Waals surface area contributed by atoms with E-state index >= 15 is 0 Å². The molecule has 0 aliphatic heterocycles. The summed E-state index contributed by atoms with van der Waals surface area (Å²) in [6, 6.07) is 11.2. The molecule has 6 nitrogen and oxygen atoms in total. The lowest BCUT2D eigenvalue weighted by Gasteiger charge is -2.05. The fourth-order valence-electron chi connectivity index (χ4n) is 2.88. The predicted octanol–water partition coefficient (Wildman–Crippen LogP) is 3.57. The molecule has 7 heteroatoms. The van der Waals surface area contributed by atoms with Crippen molar-refractivity contribution in [2.75, 3.05) is 0 Å². The van der Waals surface area contributed by atoms with Crippen LogP contribution in [0.2, 0.25) is 0 Å². The fourth-order valence-corrected chi connectivity index (χ4v) is 2.88. The minimum absolute atomic E-state index is 0.164. The van der Waals surface area contributed by atoms with Gasteiger partial charge >= 0.3 is 5.97 Å². The molecule has 0 amide bonds. The van der Waals surface area contributed by atoms with E-state index in [1.54, 1.807) is 24.5 Å². The Labute approximate surface area is 153 Å². The second kappa shape index (κ2) is 6.95. The van der Waals surface area contributed by atoms with Crippen LogP contribution in [-0.4, -0.2) is 30.8 Å². The van der Waals surface area contributed by atoms with Crippen molar-refractivity contribution in [2.45, 2.75) is 13.0 Å². The lowest BCUT2D eigenvalue weighted by molar-refractivity contribution is 0.0697. The lowest BCUT2D eigenvalue weighted by atomic mass is 10.1. The van der Waals surface area contributed by atoms with Gasteiger partial charge in [-0.05, 0) is 42.3 Å². The number of pyridine rings is 2. The van der Waals surface area contributed by atoms with E-state index in [1.807, 2.05) is 10.7 Å². The Kier molecular flexibility index (Phi) is 4.33. The highest BCUT2D eigenvalue weighted by Gasteiger charge is 2.10. The first-order valence-corrected chi connectivity index (χ1v) is 8.36. The van der Waals surface area contributed by atoms with Gasteiger partial charge in [-0.15, -0.1) is 0 Å². The largest absolute Gasteiger partial charge is 0.478 e. The fraction of sp³-hybridized carbons (Fsp3) is 0.100. The Morgan fingerprint density at radius 1 is 1.04 bits per heavy atom. The molecule has 0 fully saturated rings. The van der Waals surface area contributed by atoms with Crippen molar-refractivity contribution < 1.29 is 14.3 Å². The van der Waals surface area contributed by atoms with Crippen molar-refractivity contribution >= 4 is 16.9 Å². The summed E-state index contributed by atoms with van der Waals surface area (Å²) in [6.45, 7) is 0.642. The number of carboxylic acids is 1. The van der Waals surface area contributed by atoms with E-state index in [2.05, 4.69) is 15.1 Å². The molecule has 0 atom stereocenters. The number of fused-ring (bicyclic) bond motifs is 1. The molecule has 0 saturated carbocycles. The molecule has 134 valence electrons. The molecular formula is C20H15FN4O2. The van der Waals surface area contributed by atoms with E-state index in [1.165, 1.54) is 30.5 Å². The van der Waals surface area contributed by atoms with Gasteiger partial charge in [-0.1, -0.05) is 12.1 Å². The van der Waals surface area contributed by atoms with Crippen molar-refractivity contribution in [2.24, 2.45) is 0 Å². The summed E-state index contributed by atoms with van der Waals surface area (Å²) in [5.41, 5.74) is 3.14. The zero-order chi connectivity index (χ0) is 18.8. The van der Waals surface area contributed by atoms with Gasteiger partial charge in [0.15, 0.2) is 0 Å². The number of rotatable bonds is 5. The van der Waals surface area contributed by atoms with Crippen LogP contribution in [0, 0.1) is 5.82 Å². The zero-order valence-electron chi connectivity index (χ0n) is 14.2. The van der Waals surface area contributed by atoms with Crippen molar-refractivity contribution in [3.63, 3.8) is 0 Å². The van der Waals surface area contributed by atoms with Gasteiger partial charge in [-0.25, -0.2) is 9.18 Å². The third kappa shape index (κ3) is 3.52. The number of benzene rings is 1. The lowest BCUT2D eigenvalue weighted by Crippen LogP contribution is -2.03. The Morgan fingerprint density at radius 2 is 1.81 bits per heavy atom. The van der Waals surface area contributed by atoms with Crippen LogP contribution in [0.15, 0.2) is 61.1 Å². The van der Waals surface area contributed by atoms with Crippen LogP contribution >= 0.6 is 0 Å². The Morgan fingerprint density at radius 3 is 2.59 bits per heavy atom. The first-order valence-electron chi connectivity index (χ1n) is 8.36. The molecule has 0 radical (unpaired) electrons. The van der Waals surface area contributed by atoms with Crippen molar-refractivity contribution in [3.05, 3.63) is 78.0 Å². The monoisotopic (exact) mass is 362 g/mol. The smallest absolute Gasteiger partial charge is 0.335 e. The maximum atomic E-state index is 13.0. The molecule has 1 N–H and O–H groups in total. The second-order valence-corrected chi connectivity index (χ2v) is 6.11. The number of aromatic carboxylic acids is 1. The number of aromatic nitrogens is 4. The van der Waals surface area contributed by atoms with Gasteiger partial charge in [0, 0.05) is 18.1 Å². The Hall–Kier alpha value is -3.61. The van der Waals surface area contributed by atoms with E-state index < -0.39 is 5.97 Å². The summed E-state index contributed by atoms with van der Waals surface area (Å²) in [5.74, 6) is -1.26. The first kappa shape index (κ1) is 16.8. The summed E-state index contributed by atoms with van der Waals surface area (Å²) < 4.78 is 14.8. The predicted molar refractivity (Wildman–Crippen MR) is 97.8 cm³/mol. The van der Waals surface area contributed by atoms with E-state index in [0.29, 0.717) is 17.9 Å². The first-order chi connectivity index (χ1) is 13.1. The van der Waals surface area contributed by atoms with E-state index in [0.717, 1.165) is 22.9 Å². The van der Waals surface area contributed by atoms with Gasteiger partial charge in [0.2, 0.25) is 0 Å². The van der Waals surface area contributed by atoms with Crippen molar-refractivity contribution in [1.29, 1.82) is 0 Å². The average Bonchev–Trinajstić information content (AvgIpc) is 3.10. The molecule has 0 bridgehead atoms. The van der Waals surface area contributed by atoms with Crippen LogP contribution in [-0.2, 0) is 13.0 Å². The summed E-state index contributed by atoms with van der Waals surface area (Å²) in [7, 11) is 0. The average molecular weight is 362 g/mol. The van der Waals surface area contributed by atoms with Gasteiger partial charge < -0.3 is 5.11 Å². The van der Waals surface area contributed by atoms with Crippen molar-refractivity contribution in [1.82, 2.24) is 19.7 Å². The third-order valence-corrected chi connectivity index (χ3v) is 4.32. The topological polar surface area (TPSA) is 80.9 Å². The van der Waals surface area contributed by atoms with E-state index in [4.69, 9.17) is 5.11 Å². The quantitative estimate of drug-likeness (QED) is 0.587. The SMILES string of the molecule is O=C(O)c1ccnc(-c2cc3cnn(CCc4ccc(F)cc4)c3cn2)c1. The van der Waals surface area contributed by atoms with Gasteiger partial charge in [0.1, 0.15) is 5.82 Å². The molecule has 3 heterocycles. The van der Waals surface area contributed by atoms with Crippen LogP contribution in [0.4, 0.5) is 4.39 Å². The molecular weight excluding hydrogens is 347 g/mol. The highest BCUT2D eigenvalue weighted by Crippen LogP contribution is 2.21. The molecule has 1 aromatic carbocycles. The standard InChI is InChI=1S/C20H15FN4O2/c21-16-3-1-13(2-4-16)6-8-25-19-12-23-18(10-15(19)11-24-25)17-9-14(20(26)27)5-7-22-17/h1-5,7,9-12H,6,8H2,(H,26,27). The number of nitrogens with zero attached hydrogens (tertiary/aromatic N) is 4. The molecule has 27 heavy (non-hydrogen) atoms. The van der Waals surface area contributed by atoms with E-state index in [9.17, 15) is 9.18 Å². The number of hydrogen-bond acceptors (Lipinski definition) is 4. The molecule has 0 unspecified atom stereocenters. The second-order valence-electron chi connectivity index (χ2n) is 6.11. The molecule has 0 spiro atoms. The van der Waals surface area contributed by atoms with Crippen LogP contribution in [0.5, 0.6) is 0 Å². The molecule has 4 rings (SSSR count). The van der Waals surface area contributed by atoms with Crippen LogP contribution in [0.25, 0.3) is 22.3 Å². The van der Waals surface area contributed by atoms with Crippen LogP contribution < -0.4 is 0 Å². The number of carboxylic acid groups (broad SMARTS) is 1. The molecule has 0 aliphatic rings. The Bertz CT molecular complexity index is 1120. The minimum Gasteiger partial charge on any atom is -0.478 e. The summed E-state index contributed by atoms with van der Waals surface area (Å²) >= 11 is 0. The maximum absolute atomic E-state index is 13.0. The zero-order valence-corrected chi connectivity index (χ0v) is 14.2. The minimum atomic E-state index is -1.01. The van der Waals surface area contributed by atoms with Gasteiger partial charge in [-0.2, -0.15) is 5.10 Å². The van der Waals surface area contributed by atoms with Crippen molar-refractivity contribution in [3.8, 4) is 11.4 Å². The van der Waals surface area contributed by atoms with E-state index in [-0.39, 0.29) is 11.4 Å². The summed E-state index contributed by atoms with van der Waals surface area (Å²) in [5, 5.41) is 14.4. The summed E-state index contributed by atoms with van der Waals surface area (Å²) in [4.78, 5) is 19.7. The van der Waals surface area contributed by atoms with Gasteiger partial charge in [-0.3, -0.25) is 14.6 Å². The molecule has 0 aliphatic carbocycles. The number of halogens is 1. The number of aryl methyl sites for hydroxylation is 2. The highest BCUT2D eigenvalue weighted by atomic mass is 19.1. The molecule has 0 saturated heterocycles. The van der Waals surface area contributed by atoms with Gasteiger partial charge in [0.25, 0.3) is 0 Å². The highest BCUT2D eigenvalue weighted by molar-refractivity contribution is 5.89. The Balaban J connectivity index is 1.59. The van der Waals surface area contributed by atoms with Crippen LogP contribution in [0.3, 0.4) is 0 Å².